The number of aryl methyl sites for hydroxylation is 2. The lowest BCUT2D eigenvalue weighted by Crippen LogP contribution is -2.44. The molecule has 0 bridgehead atoms. The van der Waals surface area contributed by atoms with Crippen molar-refractivity contribution in [2.24, 2.45) is 0 Å². The van der Waals surface area contributed by atoms with Crippen molar-refractivity contribution in [3.05, 3.63) is 76.7 Å². The van der Waals surface area contributed by atoms with Gasteiger partial charge in [-0.2, -0.15) is 5.10 Å². The van der Waals surface area contributed by atoms with Gasteiger partial charge >= 0.3 is 0 Å². The number of anilines is 1. The maximum atomic E-state index is 12.7. The number of carbonyl (C=O) groups is 1. The van der Waals surface area contributed by atoms with Gasteiger partial charge in [0.25, 0.3) is 5.91 Å². The van der Waals surface area contributed by atoms with Crippen molar-refractivity contribution in [2.45, 2.75) is 26.9 Å². The minimum Gasteiger partial charge on any atom is -0.354 e. The summed E-state index contributed by atoms with van der Waals surface area (Å²) in [5.74, 6) is 0.915. The lowest BCUT2D eigenvalue weighted by atomic mass is 10.1. The molecule has 1 aromatic carbocycles. The summed E-state index contributed by atoms with van der Waals surface area (Å²) in [6.45, 7) is 9.23. The Bertz CT molecular complexity index is 1030. The second-order valence-corrected chi connectivity index (χ2v) is 8.28. The van der Waals surface area contributed by atoms with Gasteiger partial charge in [0.05, 0.1) is 12.2 Å². The molecule has 1 fully saturated rings. The Morgan fingerprint density at radius 1 is 1.03 bits per heavy atom. The molecule has 1 aliphatic rings. The van der Waals surface area contributed by atoms with Crippen LogP contribution in [0, 0.1) is 13.8 Å². The number of nitrogens with one attached hydrogen (secondary N) is 1. The SMILES string of the molecule is Cc1cc(C)n(Cc2cccc(C(=O)NCc3ccc(N4CCN(C)CC4)nc3)c2)n1. The third-order valence-electron chi connectivity index (χ3n) is 5.71. The van der Waals surface area contributed by atoms with E-state index in [0.717, 1.165) is 54.5 Å². The molecule has 0 saturated carbocycles. The summed E-state index contributed by atoms with van der Waals surface area (Å²) in [6, 6.07) is 13.9. The molecule has 0 atom stereocenters. The van der Waals surface area contributed by atoms with Crippen molar-refractivity contribution in [2.75, 3.05) is 38.1 Å². The van der Waals surface area contributed by atoms with E-state index in [-0.39, 0.29) is 5.91 Å². The molecule has 0 radical (unpaired) electrons. The van der Waals surface area contributed by atoms with Crippen molar-refractivity contribution in [3.63, 3.8) is 0 Å². The van der Waals surface area contributed by atoms with Gasteiger partial charge in [-0.1, -0.05) is 18.2 Å². The zero-order chi connectivity index (χ0) is 21.8. The lowest BCUT2D eigenvalue weighted by molar-refractivity contribution is 0.0950. The maximum absolute atomic E-state index is 12.7. The van der Waals surface area contributed by atoms with Gasteiger partial charge in [0.15, 0.2) is 0 Å². The van der Waals surface area contributed by atoms with Crippen LogP contribution in [0.25, 0.3) is 0 Å². The highest BCUT2D eigenvalue weighted by Gasteiger charge is 2.15. The largest absolute Gasteiger partial charge is 0.354 e. The third kappa shape index (κ3) is 5.30. The Balaban J connectivity index is 1.34. The van der Waals surface area contributed by atoms with Crippen LogP contribution in [0.3, 0.4) is 0 Å². The molecule has 3 heterocycles. The summed E-state index contributed by atoms with van der Waals surface area (Å²) < 4.78 is 1.96. The van der Waals surface area contributed by atoms with Crippen LogP contribution in [-0.4, -0.2) is 58.8 Å². The molecule has 3 aromatic rings. The van der Waals surface area contributed by atoms with E-state index in [1.165, 1.54) is 0 Å². The van der Waals surface area contributed by atoms with E-state index >= 15 is 0 Å². The number of rotatable bonds is 6. The highest BCUT2D eigenvalue weighted by molar-refractivity contribution is 5.94. The average Bonchev–Trinajstić information content (AvgIpc) is 3.09. The van der Waals surface area contributed by atoms with E-state index in [2.05, 4.69) is 38.3 Å². The van der Waals surface area contributed by atoms with Crippen LogP contribution in [0.15, 0.2) is 48.7 Å². The Morgan fingerprint density at radius 3 is 2.52 bits per heavy atom. The number of hydrogen-bond donors (Lipinski definition) is 1. The van der Waals surface area contributed by atoms with E-state index in [1.807, 2.05) is 61.1 Å². The fourth-order valence-corrected chi connectivity index (χ4v) is 3.85. The van der Waals surface area contributed by atoms with E-state index < -0.39 is 0 Å². The maximum Gasteiger partial charge on any atom is 0.251 e. The van der Waals surface area contributed by atoms with Crippen LogP contribution in [0.2, 0.25) is 0 Å². The number of likely N-dealkylation sites (N-methyl/N-ethyl adjacent to an activating group) is 1. The van der Waals surface area contributed by atoms with Gasteiger partial charge in [0.2, 0.25) is 0 Å². The average molecular weight is 419 g/mol. The predicted molar refractivity (Wildman–Crippen MR) is 122 cm³/mol. The number of pyridine rings is 1. The molecular formula is C24H30N6O. The summed E-state index contributed by atoms with van der Waals surface area (Å²) >= 11 is 0. The number of amides is 1. The van der Waals surface area contributed by atoms with Crippen molar-refractivity contribution in [3.8, 4) is 0 Å². The summed E-state index contributed by atoms with van der Waals surface area (Å²) in [5, 5.41) is 7.51. The monoisotopic (exact) mass is 418 g/mol. The third-order valence-corrected chi connectivity index (χ3v) is 5.71. The smallest absolute Gasteiger partial charge is 0.251 e. The quantitative estimate of drug-likeness (QED) is 0.667. The fraction of sp³-hybridized carbons (Fsp3) is 0.375. The Kier molecular flexibility index (Phi) is 6.32. The van der Waals surface area contributed by atoms with Gasteiger partial charge in [-0.15, -0.1) is 0 Å². The number of benzene rings is 1. The number of carbonyl (C=O) groups excluding carboxylic acids is 1. The van der Waals surface area contributed by atoms with Crippen molar-refractivity contribution >= 4 is 11.7 Å². The summed E-state index contributed by atoms with van der Waals surface area (Å²) in [7, 11) is 2.14. The first-order valence-corrected chi connectivity index (χ1v) is 10.7. The minimum atomic E-state index is -0.0848. The molecule has 162 valence electrons. The van der Waals surface area contributed by atoms with Crippen LogP contribution in [0.1, 0.15) is 32.9 Å². The molecule has 0 unspecified atom stereocenters. The topological polar surface area (TPSA) is 66.3 Å². The standard InChI is InChI=1S/C24H30N6O/c1-18-13-19(2)30(27-18)17-20-5-4-6-22(14-20)24(31)26-16-21-7-8-23(25-15-21)29-11-9-28(3)10-12-29/h4-8,13-15H,9-12,16-17H2,1-3H3,(H,26,31). The summed E-state index contributed by atoms with van der Waals surface area (Å²) in [5.41, 5.74) is 4.81. The molecule has 31 heavy (non-hydrogen) atoms. The normalized spacial score (nSPS) is 14.6. The van der Waals surface area contributed by atoms with Crippen LogP contribution in [-0.2, 0) is 13.1 Å². The molecule has 2 aromatic heterocycles. The van der Waals surface area contributed by atoms with Gasteiger partial charge in [-0.25, -0.2) is 4.98 Å². The molecule has 7 heteroatoms. The molecule has 1 saturated heterocycles. The van der Waals surface area contributed by atoms with Crippen LogP contribution in [0.5, 0.6) is 0 Å². The van der Waals surface area contributed by atoms with Gasteiger partial charge < -0.3 is 15.1 Å². The number of piperazine rings is 1. The van der Waals surface area contributed by atoms with Crippen LogP contribution < -0.4 is 10.2 Å². The zero-order valence-corrected chi connectivity index (χ0v) is 18.5. The molecule has 4 rings (SSSR count). The van der Waals surface area contributed by atoms with Gasteiger partial charge in [-0.3, -0.25) is 9.48 Å². The Morgan fingerprint density at radius 2 is 1.84 bits per heavy atom. The predicted octanol–water partition coefficient (Wildman–Crippen LogP) is 2.63. The second kappa shape index (κ2) is 9.31. The first kappa shape index (κ1) is 21.1. The van der Waals surface area contributed by atoms with Crippen molar-refractivity contribution in [1.82, 2.24) is 25.0 Å². The van der Waals surface area contributed by atoms with Crippen LogP contribution >= 0.6 is 0 Å². The van der Waals surface area contributed by atoms with E-state index in [4.69, 9.17) is 0 Å². The molecule has 1 N–H and O–H groups in total. The van der Waals surface area contributed by atoms with Crippen molar-refractivity contribution < 1.29 is 4.79 Å². The molecular weight excluding hydrogens is 388 g/mol. The lowest BCUT2D eigenvalue weighted by Gasteiger charge is -2.33. The summed E-state index contributed by atoms with van der Waals surface area (Å²) in [6.07, 6.45) is 1.85. The van der Waals surface area contributed by atoms with Gasteiger partial charge in [0, 0.05) is 50.2 Å². The second-order valence-electron chi connectivity index (χ2n) is 8.28. The highest BCUT2D eigenvalue weighted by Crippen LogP contribution is 2.14. The molecule has 0 spiro atoms. The first-order chi connectivity index (χ1) is 15.0. The van der Waals surface area contributed by atoms with Crippen LogP contribution in [0.4, 0.5) is 5.82 Å². The molecule has 0 aliphatic carbocycles. The van der Waals surface area contributed by atoms with Gasteiger partial charge in [0.1, 0.15) is 5.82 Å². The molecule has 1 aliphatic heterocycles. The van der Waals surface area contributed by atoms with Gasteiger partial charge in [-0.05, 0) is 56.3 Å². The summed E-state index contributed by atoms with van der Waals surface area (Å²) in [4.78, 5) is 21.9. The van der Waals surface area contributed by atoms with E-state index in [1.54, 1.807) is 0 Å². The molecule has 7 nitrogen and oxygen atoms in total. The fourth-order valence-electron chi connectivity index (χ4n) is 3.85. The molecule has 1 amide bonds. The highest BCUT2D eigenvalue weighted by atomic mass is 16.1. The zero-order valence-electron chi connectivity index (χ0n) is 18.5. The minimum absolute atomic E-state index is 0.0848. The van der Waals surface area contributed by atoms with Crippen molar-refractivity contribution in [1.29, 1.82) is 0 Å². The Labute approximate surface area is 183 Å². The van der Waals surface area contributed by atoms with E-state index in [0.29, 0.717) is 18.7 Å². The first-order valence-electron chi connectivity index (χ1n) is 10.7. The van der Waals surface area contributed by atoms with E-state index in [9.17, 15) is 4.79 Å². The number of aromatic nitrogens is 3. The number of hydrogen-bond acceptors (Lipinski definition) is 5. The Hall–Kier alpha value is -3.19. The number of nitrogens with zero attached hydrogens (tertiary/aromatic N) is 5.